The fourth-order valence-corrected chi connectivity index (χ4v) is 3.73. The topological polar surface area (TPSA) is 24.4 Å². The van der Waals surface area contributed by atoms with Crippen LogP contribution in [-0.4, -0.2) is 18.3 Å². The number of aliphatic imine (C=N–C) groups is 1. The average molecular weight is 333 g/mol. The molecule has 22 heavy (non-hydrogen) atoms. The zero-order valence-corrected chi connectivity index (χ0v) is 14.8. The van der Waals surface area contributed by atoms with E-state index in [1.807, 2.05) is 23.5 Å². The van der Waals surface area contributed by atoms with Crippen LogP contribution < -0.4 is 5.32 Å². The average Bonchev–Trinajstić information content (AvgIpc) is 3.27. The standard InChI is InChI=1S/C18H21ClN2S/c1-4-20-18-16(11(2)12(3)22-18)17(21-15-9-10-15)13-5-7-14(19)8-6-13/h5-8,15,20H,4,9-10H2,1-3H3. The molecular formula is C18H21ClN2S. The highest BCUT2D eigenvalue weighted by molar-refractivity contribution is 7.16. The monoisotopic (exact) mass is 332 g/mol. The van der Waals surface area contributed by atoms with Crippen molar-refractivity contribution in [2.24, 2.45) is 4.99 Å². The van der Waals surface area contributed by atoms with E-state index in [-0.39, 0.29) is 0 Å². The number of halogens is 1. The van der Waals surface area contributed by atoms with Gasteiger partial charge in [0, 0.05) is 27.6 Å². The Morgan fingerprint density at radius 2 is 1.95 bits per heavy atom. The van der Waals surface area contributed by atoms with Gasteiger partial charge in [-0.15, -0.1) is 11.3 Å². The zero-order chi connectivity index (χ0) is 15.7. The third-order valence-corrected chi connectivity index (χ3v) is 5.35. The molecule has 1 heterocycles. The van der Waals surface area contributed by atoms with Crippen molar-refractivity contribution in [3.63, 3.8) is 0 Å². The SMILES string of the molecule is CCNc1sc(C)c(C)c1C(=NC1CC1)c1ccc(Cl)cc1. The smallest absolute Gasteiger partial charge is 0.0983 e. The Hall–Kier alpha value is -1.32. The summed E-state index contributed by atoms with van der Waals surface area (Å²) in [5, 5.41) is 5.50. The Bertz CT molecular complexity index is 697. The minimum atomic E-state index is 0.486. The van der Waals surface area contributed by atoms with Gasteiger partial charge in [0.05, 0.1) is 16.8 Å². The van der Waals surface area contributed by atoms with Crippen LogP contribution in [0.15, 0.2) is 29.3 Å². The summed E-state index contributed by atoms with van der Waals surface area (Å²) in [6.45, 7) is 7.43. The van der Waals surface area contributed by atoms with Crippen LogP contribution in [0.3, 0.4) is 0 Å². The summed E-state index contributed by atoms with van der Waals surface area (Å²) in [6.07, 6.45) is 2.41. The quantitative estimate of drug-likeness (QED) is 0.723. The second kappa shape index (κ2) is 6.43. The van der Waals surface area contributed by atoms with E-state index in [9.17, 15) is 0 Å². The summed E-state index contributed by atoms with van der Waals surface area (Å²) in [7, 11) is 0. The van der Waals surface area contributed by atoms with Gasteiger partial charge in [0.15, 0.2) is 0 Å². The van der Waals surface area contributed by atoms with E-state index in [1.54, 1.807) is 0 Å². The van der Waals surface area contributed by atoms with Crippen LogP contribution in [-0.2, 0) is 0 Å². The molecule has 0 unspecified atom stereocenters. The lowest BCUT2D eigenvalue weighted by Crippen LogP contribution is -2.09. The number of anilines is 1. The summed E-state index contributed by atoms with van der Waals surface area (Å²) < 4.78 is 0. The highest BCUT2D eigenvalue weighted by Crippen LogP contribution is 2.36. The third-order valence-electron chi connectivity index (χ3n) is 3.94. The van der Waals surface area contributed by atoms with Crippen molar-refractivity contribution in [3.8, 4) is 0 Å². The van der Waals surface area contributed by atoms with Crippen molar-refractivity contribution in [1.82, 2.24) is 0 Å². The molecule has 1 N–H and O–H groups in total. The number of hydrogen-bond acceptors (Lipinski definition) is 3. The number of benzene rings is 1. The summed E-state index contributed by atoms with van der Waals surface area (Å²) in [5.74, 6) is 0. The molecule has 0 spiro atoms. The van der Waals surface area contributed by atoms with Gasteiger partial charge < -0.3 is 5.32 Å². The molecule has 1 aliphatic rings. The lowest BCUT2D eigenvalue weighted by Gasteiger charge is -2.11. The molecule has 4 heteroatoms. The molecule has 2 nitrogen and oxygen atoms in total. The molecular weight excluding hydrogens is 312 g/mol. The molecule has 0 amide bonds. The molecule has 0 atom stereocenters. The van der Waals surface area contributed by atoms with Crippen LogP contribution in [0.2, 0.25) is 5.02 Å². The molecule has 3 rings (SSSR count). The summed E-state index contributed by atoms with van der Waals surface area (Å²) in [6, 6.07) is 8.53. The number of nitrogens with zero attached hydrogens (tertiary/aromatic N) is 1. The molecule has 1 aromatic carbocycles. The van der Waals surface area contributed by atoms with Crippen LogP contribution in [0.1, 0.15) is 41.3 Å². The Kier molecular flexibility index (Phi) is 4.55. The predicted octanol–water partition coefficient (Wildman–Crippen LogP) is 5.45. The van der Waals surface area contributed by atoms with Crippen molar-refractivity contribution in [2.75, 3.05) is 11.9 Å². The van der Waals surface area contributed by atoms with Crippen molar-refractivity contribution < 1.29 is 0 Å². The maximum absolute atomic E-state index is 6.05. The fourth-order valence-electron chi connectivity index (χ4n) is 2.47. The second-order valence-electron chi connectivity index (χ2n) is 5.73. The van der Waals surface area contributed by atoms with Gasteiger partial charge in [-0.25, -0.2) is 0 Å². The van der Waals surface area contributed by atoms with E-state index in [0.717, 1.165) is 22.8 Å². The van der Waals surface area contributed by atoms with Gasteiger partial charge >= 0.3 is 0 Å². The van der Waals surface area contributed by atoms with Crippen LogP contribution in [0.25, 0.3) is 0 Å². The summed E-state index contributed by atoms with van der Waals surface area (Å²) >= 11 is 7.87. The van der Waals surface area contributed by atoms with E-state index in [0.29, 0.717) is 6.04 Å². The molecule has 1 fully saturated rings. The Labute approximate surface area is 141 Å². The molecule has 2 aromatic rings. The Morgan fingerprint density at radius 3 is 2.55 bits per heavy atom. The molecule has 116 valence electrons. The Morgan fingerprint density at radius 1 is 1.27 bits per heavy atom. The van der Waals surface area contributed by atoms with Crippen molar-refractivity contribution in [2.45, 2.75) is 39.7 Å². The van der Waals surface area contributed by atoms with E-state index in [1.165, 1.54) is 33.8 Å². The summed E-state index contributed by atoms with van der Waals surface area (Å²) in [4.78, 5) is 6.37. The fraction of sp³-hybridized carbons (Fsp3) is 0.389. The summed E-state index contributed by atoms with van der Waals surface area (Å²) in [5.41, 5.74) is 4.85. The Balaban J connectivity index is 2.12. The number of rotatable bonds is 5. The molecule has 1 aliphatic carbocycles. The highest BCUT2D eigenvalue weighted by Gasteiger charge is 2.25. The lowest BCUT2D eigenvalue weighted by molar-refractivity contribution is 1.07. The minimum absolute atomic E-state index is 0.486. The van der Waals surface area contributed by atoms with Gasteiger partial charge in [-0.1, -0.05) is 23.7 Å². The lowest BCUT2D eigenvalue weighted by atomic mass is 10.00. The van der Waals surface area contributed by atoms with Crippen molar-refractivity contribution in [1.29, 1.82) is 0 Å². The van der Waals surface area contributed by atoms with E-state index < -0.39 is 0 Å². The number of hydrogen-bond donors (Lipinski definition) is 1. The maximum Gasteiger partial charge on any atom is 0.0983 e. The van der Waals surface area contributed by atoms with Gasteiger partial charge in [0.25, 0.3) is 0 Å². The first-order chi connectivity index (χ1) is 10.6. The van der Waals surface area contributed by atoms with Gasteiger partial charge in [-0.05, 0) is 51.3 Å². The van der Waals surface area contributed by atoms with E-state index in [4.69, 9.17) is 16.6 Å². The second-order valence-corrected chi connectivity index (χ2v) is 7.39. The van der Waals surface area contributed by atoms with E-state index in [2.05, 4.69) is 38.2 Å². The highest BCUT2D eigenvalue weighted by atomic mass is 35.5. The number of aryl methyl sites for hydroxylation is 1. The zero-order valence-electron chi connectivity index (χ0n) is 13.2. The van der Waals surface area contributed by atoms with Gasteiger partial charge in [-0.2, -0.15) is 0 Å². The first-order valence-electron chi connectivity index (χ1n) is 7.78. The molecule has 0 radical (unpaired) electrons. The predicted molar refractivity (Wildman–Crippen MR) is 98.1 cm³/mol. The van der Waals surface area contributed by atoms with Crippen LogP contribution in [0, 0.1) is 13.8 Å². The van der Waals surface area contributed by atoms with Gasteiger partial charge in [0.2, 0.25) is 0 Å². The van der Waals surface area contributed by atoms with Gasteiger partial charge in [0.1, 0.15) is 0 Å². The largest absolute Gasteiger partial charge is 0.377 e. The van der Waals surface area contributed by atoms with E-state index >= 15 is 0 Å². The number of nitrogens with one attached hydrogen (secondary N) is 1. The van der Waals surface area contributed by atoms with Crippen molar-refractivity contribution in [3.05, 3.63) is 50.9 Å². The maximum atomic E-state index is 6.05. The first-order valence-corrected chi connectivity index (χ1v) is 8.97. The molecule has 0 bridgehead atoms. The van der Waals surface area contributed by atoms with Crippen LogP contribution in [0.5, 0.6) is 0 Å². The molecule has 0 saturated heterocycles. The van der Waals surface area contributed by atoms with Crippen LogP contribution in [0.4, 0.5) is 5.00 Å². The first kappa shape index (κ1) is 15.6. The van der Waals surface area contributed by atoms with Gasteiger partial charge in [-0.3, -0.25) is 4.99 Å². The van der Waals surface area contributed by atoms with Crippen molar-refractivity contribution >= 4 is 33.7 Å². The minimum Gasteiger partial charge on any atom is -0.377 e. The van der Waals surface area contributed by atoms with Crippen LogP contribution >= 0.6 is 22.9 Å². The number of thiophene rings is 1. The molecule has 1 saturated carbocycles. The third kappa shape index (κ3) is 3.21. The molecule has 1 aromatic heterocycles. The molecule has 0 aliphatic heterocycles. The normalized spacial score (nSPS) is 15.2.